The zero-order chi connectivity index (χ0) is 12.1. The fourth-order valence-corrected chi connectivity index (χ4v) is 2.16. The Morgan fingerprint density at radius 1 is 1.41 bits per heavy atom. The molecule has 0 aliphatic carbocycles. The summed E-state index contributed by atoms with van der Waals surface area (Å²) >= 11 is 1.39. The van der Waals surface area contributed by atoms with Gasteiger partial charge in [0.2, 0.25) is 5.13 Å². The molecule has 0 unspecified atom stereocenters. The molecule has 4 nitrogen and oxygen atoms in total. The van der Waals surface area contributed by atoms with Gasteiger partial charge < -0.3 is 11.1 Å². The molecule has 0 bridgehead atoms. The number of rotatable bonds is 5. The van der Waals surface area contributed by atoms with Crippen LogP contribution < -0.4 is 11.1 Å². The predicted molar refractivity (Wildman–Crippen MR) is 71.5 cm³/mol. The number of nitrogens with one attached hydrogen (secondary N) is 1. The summed E-state index contributed by atoms with van der Waals surface area (Å²) in [5.41, 5.74) is 7.71. The number of hydrogen-bond donors (Lipinski definition) is 2. The minimum atomic E-state index is 0.548. The maximum atomic E-state index is 5.60. The first kappa shape index (κ1) is 12.0. The summed E-state index contributed by atoms with van der Waals surface area (Å²) < 4.78 is 4.29. The van der Waals surface area contributed by atoms with Crippen LogP contribution in [0.25, 0.3) is 0 Å². The zero-order valence-electron chi connectivity index (χ0n) is 9.81. The van der Waals surface area contributed by atoms with Crippen molar-refractivity contribution in [2.45, 2.75) is 26.3 Å². The van der Waals surface area contributed by atoms with Crippen molar-refractivity contribution in [3.63, 3.8) is 0 Å². The minimum absolute atomic E-state index is 0.548. The second-order valence-corrected chi connectivity index (χ2v) is 4.55. The van der Waals surface area contributed by atoms with E-state index < -0.39 is 0 Å². The van der Waals surface area contributed by atoms with Crippen LogP contribution in [0.3, 0.4) is 0 Å². The van der Waals surface area contributed by atoms with Crippen LogP contribution in [0.15, 0.2) is 24.3 Å². The molecule has 0 amide bonds. The van der Waals surface area contributed by atoms with Gasteiger partial charge in [0.1, 0.15) is 5.82 Å². The molecule has 1 aromatic heterocycles. The summed E-state index contributed by atoms with van der Waals surface area (Å²) in [6.45, 7) is 2.67. The lowest BCUT2D eigenvalue weighted by Crippen LogP contribution is -1.97. The van der Waals surface area contributed by atoms with Crippen molar-refractivity contribution in [1.82, 2.24) is 9.36 Å². The molecular formula is C12H16N4S. The standard InChI is InChI=1S/C12H16N4S/c1-2-4-11-15-12(17-16-11)14-10-6-3-5-9(7-10)8-13/h3,5-7H,2,4,8,13H2,1H3,(H,14,15,16). The molecule has 17 heavy (non-hydrogen) atoms. The van der Waals surface area contributed by atoms with Crippen molar-refractivity contribution >= 4 is 22.4 Å². The Balaban J connectivity index is 2.08. The Labute approximate surface area is 105 Å². The molecule has 5 heteroatoms. The fourth-order valence-electron chi connectivity index (χ4n) is 1.53. The summed E-state index contributed by atoms with van der Waals surface area (Å²) in [5.74, 6) is 0.912. The van der Waals surface area contributed by atoms with Crippen LogP contribution in [0.4, 0.5) is 10.8 Å². The molecule has 0 saturated heterocycles. The molecule has 0 spiro atoms. The van der Waals surface area contributed by atoms with E-state index in [0.29, 0.717) is 6.54 Å². The number of nitrogens with zero attached hydrogens (tertiary/aromatic N) is 2. The third-order valence-electron chi connectivity index (χ3n) is 2.36. The van der Waals surface area contributed by atoms with Crippen molar-refractivity contribution in [1.29, 1.82) is 0 Å². The second-order valence-electron chi connectivity index (χ2n) is 3.80. The monoisotopic (exact) mass is 248 g/mol. The Bertz CT molecular complexity index is 481. The van der Waals surface area contributed by atoms with Gasteiger partial charge in [0.05, 0.1) is 0 Å². The highest BCUT2D eigenvalue weighted by molar-refractivity contribution is 7.09. The molecule has 0 radical (unpaired) electrons. The van der Waals surface area contributed by atoms with Crippen LogP contribution in [-0.4, -0.2) is 9.36 Å². The molecule has 2 aromatic rings. The van der Waals surface area contributed by atoms with Crippen LogP contribution in [0.2, 0.25) is 0 Å². The molecular weight excluding hydrogens is 232 g/mol. The van der Waals surface area contributed by atoms with Gasteiger partial charge in [0, 0.05) is 30.2 Å². The van der Waals surface area contributed by atoms with Gasteiger partial charge in [-0.3, -0.25) is 0 Å². The first-order chi connectivity index (χ1) is 8.31. The Hall–Kier alpha value is -1.46. The average molecular weight is 248 g/mol. The SMILES string of the molecule is CCCc1nsc(Nc2cccc(CN)c2)n1. The van der Waals surface area contributed by atoms with Gasteiger partial charge in [-0.05, 0) is 24.1 Å². The number of anilines is 2. The molecule has 1 aromatic carbocycles. The van der Waals surface area contributed by atoms with Gasteiger partial charge >= 0.3 is 0 Å². The molecule has 1 heterocycles. The lowest BCUT2D eigenvalue weighted by Gasteiger charge is -2.03. The number of nitrogens with two attached hydrogens (primary N) is 1. The summed E-state index contributed by atoms with van der Waals surface area (Å²) in [6.07, 6.45) is 2.00. The van der Waals surface area contributed by atoms with Crippen LogP contribution in [0.5, 0.6) is 0 Å². The average Bonchev–Trinajstić information content (AvgIpc) is 2.77. The first-order valence-electron chi connectivity index (χ1n) is 5.70. The van der Waals surface area contributed by atoms with E-state index in [2.05, 4.69) is 21.6 Å². The van der Waals surface area contributed by atoms with Crippen molar-refractivity contribution in [3.05, 3.63) is 35.7 Å². The zero-order valence-corrected chi connectivity index (χ0v) is 10.6. The molecule has 3 N–H and O–H groups in total. The molecule has 90 valence electrons. The maximum Gasteiger partial charge on any atom is 0.207 e. The van der Waals surface area contributed by atoms with E-state index in [1.165, 1.54) is 11.5 Å². The highest BCUT2D eigenvalue weighted by Crippen LogP contribution is 2.19. The van der Waals surface area contributed by atoms with E-state index in [9.17, 15) is 0 Å². The van der Waals surface area contributed by atoms with Crippen molar-refractivity contribution < 1.29 is 0 Å². The van der Waals surface area contributed by atoms with Crippen LogP contribution in [-0.2, 0) is 13.0 Å². The van der Waals surface area contributed by atoms with Crippen molar-refractivity contribution in [2.24, 2.45) is 5.73 Å². The van der Waals surface area contributed by atoms with Crippen LogP contribution >= 0.6 is 11.5 Å². The fraction of sp³-hybridized carbons (Fsp3) is 0.333. The van der Waals surface area contributed by atoms with Gasteiger partial charge in [-0.15, -0.1) is 0 Å². The van der Waals surface area contributed by atoms with E-state index in [-0.39, 0.29) is 0 Å². The molecule has 0 saturated carbocycles. The van der Waals surface area contributed by atoms with E-state index in [1.54, 1.807) is 0 Å². The van der Waals surface area contributed by atoms with E-state index in [4.69, 9.17) is 5.73 Å². The molecule has 0 aliphatic heterocycles. The van der Waals surface area contributed by atoms with Crippen molar-refractivity contribution in [3.8, 4) is 0 Å². The lowest BCUT2D eigenvalue weighted by atomic mass is 10.2. The predicted octanol–water partition coefficient (Wildman–Crippen LogP) is 2.69. The summed E-state index contributed by atoms with van der Waals surface area (Å²) in [6, 6.07) is 8.02. The van der Waals surface area contributed by atoms with Gasteiger partial charge in [0.15, 0.2) is 0 Å². The lowest BCUT2D eigenvalue weighted by molar-refractivity contribution is 0.862. The van der Waals surface area contributed by atoms with Crippen LogP contribution in [0.1, 0.15) is 24.7 Å². The Morgan fingerprint density at radius 2 is 2.29 bits per heavy atom. The number of aryl methyl sites for hydroxylation is 1. The van der Waals surface area contributed by atoms with Crippen molar-refractivity contribution in [2.75, 3.05) is 5.32 Å². The summed E-state index contributed by atoms with van der Waals surface area (Å²) in [5, 5.41) is 4.08. The topological polar surface area (TPSA) is 63.8 Å². The largest absolute Gasteiger partial charge is 0.330 e. The molecule has 2 rings (SSSR count). The maximum absolute atomic E-state index is 5.60. The smallest absolute Gasteiger partial charge is 0.207 e. The highest BCUT2D eigenvalue weighted by atomic mass is 32.1. The number of benzene rings is 1. The molecule has 0 aliphatic rings. The highest BCUT2D eigenvalue weighted by Gasteiger charge is 2.03. The van der Waals surface area contributed by atoms with Gasteiger partial charge in [0.25, 0.3) is 0 Å². The third-order valence-corrected chi connectivity index (χ3v) is 3.02. The summed E-state index contributed by atoms with van der Waals surface area (Å²) in [7, 11) is 0. The number of hydrogen-bond acceptors (Lipinski definition) is 5. The Kier molecular flexibility index (Phi) is 4.06. The molecule has 0 atom stereocenters. The number of aromatic nitrogens is 2. The third kappa shape index (κ3) is 3.25. The van der Waals surface area contributed by atoms with E-state index in [0.717, 1.165) is 35.0 Å². The normalized spacial score (nSPS) is 10.5. The Morgan fingerprint density at radius 3 is 3.06 bits per heavy atom. The quantitative estimate of drug-likeness (QED) is 0.854. The first-order valence-corrected chi connectivity index (χ1v) is 6.47. The van der Waals surface area contributed by atoms with Gasteiger partial charge in [-0.25, -0.2) is 4.98 Å². The second kappa shape index (κ2) is 5.75. The van der Waals surface area contributed by atoms with Gasteiger partial charge in [-0.1, -0.05) is 19.1 Å². The van der Waals surface area contributed by atoms with Crippen LogP contribution in [0, 0.1) is 0 Å². The summed E-state index contributed by atoms with van der Waals surface area (Å²) in [4.78, 5) is 4.42. The molecule has 0 fully saturated rings. The van der Waals surface area contributed by atoms with E-state index in [1.807, 2.05) is 24.3 Å². The van der Waals surface area contributed by atoms with Gasteiger partial charge in [-0.2, -0.15) is 4.37 Å². The minimum Gasteiger partial charge on any atom is -0.330 e. The van der Waals surface area contributed by atoms with E-state index >= 15 is 0 Å².